The van der Waals surface area contributed by atoms with Gasteiger partial charge in [0.25, 0.3) is 5.91 Å². The van der Waals surface area contributed by atoms with Gasteiger partial charge in [0.05, 0.1) is 0 Å². The molecule has 0 aromatic heterocycles. The molecule has 1 aliphatic heterocycles. The van der Waals surface area contributed by atoms with Gasteiger partial charge in [0, 0.05) is 29.1 Å². The number of rotatable bonds is 5. The number of carbonyl (C=O) groups excluding carboxylic acids is 1. The maximum absolute atomic E-state index is 12.8. The van der Waals surface area contributed by atoms with Gasteiger partial charge in [0.1, 0.15) is 0 Å². The number of hydrogen-bond donors (Lipinski definition) is 1. The number of piperidine rings is 1. The number of amides is 1. The zero-order valence-corrected chi connectivity index (χ0v) is 13.5. The highest BCUT2D eigenvalue weighted by Gasteiger charge is 2.34. The minimum absolute atomic E-state index is 0.206. The Morgan fingerprint density at radius 1 is 1.24 bits per heavy atom. The van der Waals surface area contributed by atoms with Gasteiger partial charge in [-0.1, -0.05) is 6.42 Å². The molecule has 3 rings (SSSR count). The van der Waals surface area contributed by atoms with Crippen LogP contribution in [0.25, 0.3) is 0 Å². The van der Waals surface area contributed by atoms with Crippen molar-refractivity contribution in [3.8, 4) is 0 Å². The molecule has 1 heterocycles. The van der Waals surface area contributed by atoms with Gasteiger partial charge in [-0.05, 0) is 62.7 Å². The van der Waals surface area contributed by atoms with E-state index in [2.05, 4.69) is 16.5 Å². The SMILES string of the molecule is CSc1ccc(C(=O)N(CC2CCCCN2)C2CC2)cc1. The van der Waals surface area contributed by atoms with Crippen molar-refractivity contribution in [3.63, 3.8) is 0 Å². The van der Waals surface area contributed by atoms with Crippen LogP contribution < -0.4 is 5.32 Å². The third kappa shape index (κ3) is 3.80. The predicted octanol–water partition coefficient (Wildman–Crippen LogP) is 3.16. The Morgan fingerprint density at radius 3 is 2.57 bits per heavy atom. The molecule has 4 heteroatoms. The van der Waals surface area contributed by atoms with Crippen molar-refractivity contribution in [3.05, 3.63) is 29.8 Å². The van der Waals surface area contributed by atoms with Crippen LogP contribution in [0.1, 0.15) is 42.5 Å². The fraction of sp³-hybridized carbons (Fsp3) is 0.588. The lowest BCUT2D eigenvalue weighted by Crippen LogP contribution is -2.46. The molecule has 1 unspecified atom stereocenters. The minimum atomic E-state index is 0.206. The quantitative estimate of drug-likeness (QED) is 0.848. The van der Waals surface area contributed by atoms with Crippen LogP contribution in [0.4, 0.5) is 0 Å². The number of nitrogens with zero attached hydrogens (tertiary/aromatic N) is 1. The molecule has 3 nitrogen and oxygen atoms in total. The van der Waals surface area contributed by atoms with E-state index in [9.17, 15) is 4.79 Å². The standard InChI is InChI=1S/C17H24N2OS/c1-21-16-9-5-13(6-10-16)17(20)19(15-7-8-15)12-14-4-2-3-11-18-14/h5-6,9-10,14-15,18H,2-4,7-8,11-12H2,1H3. The first-order chi connectivity index (χ1) is 10.3. The summed E-state index contributed by atoms with van der Waals surface area (Å²) in [6.45, 7) is 1.97. The zero-order valence-electron chi connectivity index (χ0n) is 12.7. The van der Waals surface area contributed by atoms with Gasteiger partial charge in [0.2, 0.25) is 0 Å². The van der Waals surface area contributed by atoms with Crippen LogP contribution in [-0.4, -0.2) is 42.2 Å². The van der Waals surface area contributed by atoms with E-state index in [1.165, 1.54) is 37.0 Å². The number of thioether (sulfide) groups is 1. The minimum Gasteiger partial charge on any atom is -0.334 e. The summed E-state index contributed by atoms with van der Waals surface area (Å²) in [5.74, 6) is 0.206. The van der Waals surface area contributed by atoms with Gasteiger partial charge in [-0.2, -0.15) is 0 Å². The van der Waals surface area contributed by atoms with Crippen molar-refractivity contribution in [2.45, 2.75) is 49.1 Å². The highest BCUT2D eigenvalue weighted by atomic mass is 32.2. The maximum Gasteiger partial charge on any atom is 0.254 e. The molecule has 1 aromatic rings. The van der Waals surface area contributed by atoms with Gasteiger partial charge >= 0.3 is 0 Å². The van der Waals surface area contributed by atoms with Crippen LogP contribution in [0, 0.1) is 0 Å². The second-order valence-electron chi connectivity index (χ2n) is 6.06. The Morgan fingerprint density at radius 2 is 2.00 bits per heavy atom. The van der Waals surface area contributed by atoms with E-state index in [1.54, 1.807) is 11.8 Å². The molecule has 2 fully saturated rings. The van der Waals surface area contributed by atoms with Crippen LogP contribution in [0.2, 0.25) is 0 Å². The van der Waals surface area contributed by atoms with E-state index >= 15 is 0 Å². The lowest BCUT2D eigenvalue weighted by atomic mass is 10.0. The van der Waals surface area contributed by atoms with Crippen LogP contribution >= 0.6 is 11.8 Å². The molecule has 1 saturated carbocycles. The largest absolute Gasteiger partial charge is 0.334 e. The Labute approximate surface area is 131 Å². The topological polar surface area (TPSA) is 32.3 Å². The third-order valence-corrected chi connectivity index (χ3v) is 5.16. The number of carbonyl (C=O) groups is 1. The van der Waals surface area contributed by atoms with Crippen LogP contribution in [0.15, 0.2) is 29.2 Å². The molecule has 0 radical (unpaired) electrons. The molecule has 1 atom stereocenters. The van der Waals surface area contributed by atoms with Gasteiger partial charge in [0.15, 0.2) is 0 Å². The number of nitrogens with one attached hydrogen (secondary N) is 1. The van der Waals surface area contributed by atoms with Crippen molar-refractivity contribution in [1.29, 1.82) is 0 Å². The van der Waals surface area contributed by atoms with E-state index in [-0.39, 0.29) is 5.91 Å². The van der Waals surface area contributed by atoms with Crippen molar-refractivity contribution in [1.82, 2.24) is 10.2 Å². The van der Waals surface area contributed by atoms with E-state index in [4.69, 9.17) is 0 Å². The molecule has 1 N–H and O–H groups in total. The van der Waals surface area contributed by atoms with Gasteiger partial charge in [-0.25, -0.2) is 0 Å². The summed E-state index contributed by atoms with van der Waals surface area (Å²) in [7, 11) is 0. The lowest BCUT2D eigenvalue weighted by molar-refractivity contribution is 0.0718. The van der Waals surface area contributed by atoms with Crippen LogP contribution in [0.5, 0.6) is 0 Å². The fourth-order valence-electron chi connectivity index (χ4n) is 3.00. The Balaban J connectivity index is 1.68. The average molecular weight is 304 g/mol. The van der Waals surface area contributed by atoms with Crippen LogP contribution in [-0.2, 0) is 0 Å². The monoisotopic (exact) mass is 304 g/mol. The maximum atomic E-state index is 12.8. The smallest absolute Gasteiger partial charge is 0.254 e. The molecule has 21 heavy (non-hydrogen) atoms. The second-order valence-corrected chi connectivity index (χ2v) is 6.94. The van der Waals surface area contributed by atoms with Crippen molar-refractivity contribution >= 4 is 17.7 Å². The Bertz CT molecular complexity index is 478. The number of benzene rings is 1. The van der Waals surface area contributed by atoms with Crippen molar-refractivity contribution in [2.75, 3.05) is 19.3 Å². The highest BCUT2D eigenvalue weighted by Crippen LogP contribution is 2.29. The van der Waals surface area contributed by atoms with Gasteiger partial charge in [-0.15, -0.1) is 11.8 Å². The average Bonchev–Trinajstić information content (AvgIpc) is 3.38. The summed E-state index contributed by atoms with van der Waals surface area (Å²) in [6, 6.07) is 8.98. The Kier molecular flexibility index (Phi) is 4.86. The zero-order chi connectivity index (χ0) is 14.7. The van der Waals surface area contributed by atoms with E-state index < -0.39 is 0 Å². The van der Waals surface area contributed by atoms with E-state index in [0.29, 0.717) is 12.1 Å². The normalized spacial score (nSPS) is 22.0. The first-order valence-corrected chi connectivity index (χ1v) is 9.19. The molecule has 1 aliphatic carbocycles. The molecular formula is C17H24N2OS. The van der Waals surface area contributed by atoms with Crippen LogP contribution in [0.3, 0.4) is 0 Å². The summed E-state index contributed by atoms with van der Waals surface area (Å²) in [6.07, 6.45) is 8.14. The second kappa shape index (κ2) is 6.84. The van der Waals surface area contributed by atoms with E-state index in [0.717, 1.165) is 18.7 Å². The van der Waals surface area contributed by atoms with Gasteiger partial charge in [-0.3, -0.25) is 4.79 Å². The molecular weight excluding hydrogens is 280 g/mol. The highest BCUT2D eigenvalue weighted by molar-refractivity contribution is 7.98. The summed E-state index contributed by atoms with van der Waals surface area (Å²) >= 11 is 1.71. The summed E-state index contributed by atoms with van der Waals surface area (Å²) < 4.78 is 0. The first-order valence-electron chi connectivity index (χ1n) is 7.96. The molecule has 114 valence electrons. The van der Waals surface area contributed by atoms with Gasteiger partial charge < -0.3 is 10.2 Å². The molecule has 2 aliphatic rings. The lowest BCUT2D eigenvalue weighted by Gasteiger charge is -2.31. The summed E-state index contributed by atoms with van der Waals surface area (Å²) in [5.41, 5.74) is 0.829. The summed E-state index contributed by atoms with van der Waals surface area (Å²) in [5, 5.41) is 3.56. The molecule has 1 amide bonds. The fourth-order valence-corrected chi connectivity index (χ4v) is 3.41. The number of hydrogen-bond acceptors (Lipinski definition) is 3. The van der Waals surface area contributed by atoms with Crippen molar-refractivity contribution in [2.24, 2.45) is 0 Å². The molecule has 1 aromatic carbocycles. The first kappa shape index (κ1) is 14.9. The molecule has 0 spiro atoms. The third-order valence-electron chi connectivity index (χ3n) is 4.41. The van der Waals surface area contributed by atoms with Crippen molar-refractivity contribution < 1.29 is 4.79 Å². The Hall–Kier alpha value is -1.00. The molecule has 0 bridgehead atoms. The summed E-state index contributed by atoms with van der Waals surface area (Å²) in [4.78, 5) is 16.1. The molecule has 1 saturated heterocycles. The predicted molar refractivity (Wildman–Crippen MR) is 87.9 cm³/mol. The van der Waals surface area contributed by atoms with E-state index in [1.807, 2.05) is 24.3 Å².